The fourth-order valence-corrected chi connectivity index (χ4v) is 2.52. The van der Waals surface area contributed by atoms with Crippen LogP contribution in [-0.2, 0) is 0 Å². The molecule has 1 aliphatic heterocycles. The number of hydrogen-bond acceptors (Lipinski definition) is 2. The highest BCUT2D eigenvalue weighted by molar-refractivity contribution is 4.78. The first kappa shape index (κ1) is 13.0. The van der Waals surface area contributed by atoms with Crippen LogP contribution in [0.2, 0.25) is 0 Å². The third-order valence-electron chi connectivity index (χ3n) is 3.44. The molecular weight excluding hydrogens is 184 g/mol. The largest absolute Gasteiger partial charge is 0.317 e. The number of unbranched alkanes of at least 4 members (excludes halogenated alkanes) is 1. The number of hydrogen-bond donors (Lipinski definition) is 1. The Labute approximate surface area is 95.4 Å². The Kier molecular flexibility index (Phi) is 7.03. The molecule has 0 amide bonds. The van der Waals surface area contributed by atoms with Crippen molar-refractivity contribution in [1.82, 2.24) is 10.2 Å². The lowest BCUT2D eigenvalue weighted by Gasteiger charge is -2.24. The van der Waals surface area contributed by atoms with Crippen molar-refractivity contribution in [1.29, 1.82) is 0 Å². The summed E-state index contributed by atoms with van der Waals surface area (Å²) in [5.74, 6) is 0. The Morgan fingerprint density at radius 2 is 2.13 bits per heavy atom. The molecular formula is C13H28N2. The summed E-state index contributed by atoms with van der Waals surface area (Å²) in [6.45, 7) is 9.48. The van der Waals surface area contributed by atoms with Gasteiger partial charge in [-0.25, -0.2) is 0 Å². The molecule has 1 atom stereocenters. The fraction of sp³-hybridized carbons (Fsp3) is 1.00. The van der Waals surface area contributed by atoms with Crippen molar-refractivity contribution in [3.63, 3.8) is 0 Å². The highest BCUT2D eigenvalue weighted by Gasteiger charge is 2.22. The van der Waals surface area contributed by atoms with Gasteiger partial charge in [0.25, 0.3) is 0 Å². The third kappa shape index (κ3) is 4.98. The molecule has 0 aliphatic carbocycles. The van der Waals surface area contributed by atoms with Crippen LogP contribution >= 0.6 is 0 Å². The summed E-state index contributed by atoms with van der Waals surface area (Å²) < 4.78 is 0. The summed E-state index contributed by atoms with van der Waals surface area (Å²) in [7, 11) is 0. The molecule has 1 heterocycles. The molecule has 1 aliphatic rings. The Bertz CT molecular complexity index is 147. The van der Waals surface area contributed by atoms with Crippen LogP contribution in [0.25, 0.3) is 0 Å². The lowest BCUT2D eigenvalue weighted by atomic mass is 10.1. The van der Waals surface area contributed by atoms with Gasteiger partial charge in [0.05, 0.1) is 0 Å². The van der Waals surface area contributed by atoms with Gasteiger partial charge in [0, 0.05) is 6.04 Å². The van der Waals surface area contributed by atoms with Crippen LogP contribution < -0.4 is 5.32 Å². The Hall–Kier alpha value is -0.0800. The third-order valence-corrected chi connectivity index (χ3v) is 3.44. The van der Waals surface area contributed by atoms with Gasteiger partial charge in [-0.05, 0) is 58.3 Å². The quantitative estimate of drug-likeness (QED) is 0.622. The monoisotopic (exact) mass is 212 g/mol. The summed E-state index contributed by atoms with van der Waals surface area (Å²) >= 11 is 0. The van der Waals surface area contributed by atoms with Crippen molar-refractivity contribution in [3.8, 4) is 0 Å². The molecule has 0 spiro atoms. The zero-order chi connectivity index (χ0) is 10.9. The van der Waals surface area contributed by atoms with Crippen LogP contribution in [0.5, 0.6) is 0 Å². The van der Waals surface area contributed by atoms with Crippen molar-refractivity contribution >= 4 is 0 Å². The molecule has 0 unspecified atom stereocenters. The van der Waals surface area contributed by atoms with Crippen molar-refractivity contribution in [2.24, 2.45) is 0 Å². The van der Waals surface area contributed by atoms with Crippen molar-refractivity contribution in [3.05, 3.63) is 0 Å². The van der Waals surface area contributed by atoms with Crippen LogP contribution in [0.15, 0.2) is 0 Å². The summed E-state index contributed by atoms with van der Waals surface area (Å²) in [6, 6.07) is 0.898. The number of nitrogens with one attached hydrogen (secondary N) is 1. The van der Waals surface area contributed by atoms with Crippen LogP contribution in [-0.4, -0.2) is 37.1 Å². The van der Waals surface area contributed by atoms with Gasteiger partial charge >= 0.3 is 0 Å². The topological polar surface area (TPSA) is 15.3 Å². The molecule has 0 radical (unpaired) electrons. The first-order chi connectivity index (χ1) is 7.38. The van der Waals surface area contributed by atoms with E-state index in [9.17, 15) is 0 Å². The molecule has 15 heavy (non-hydrogen) atoms. The van der Waals surface area contributed by atoms with Crippen LogP contribution in [0.4, 0.5) is 0 Å². The van der Waals surface area contributed by atoms with Crippen molar-refractivity contribution in [2.45, 2.75) is 58.4 Å². The molecule has 1 rings (SSSR count). The van der Waals surface area contributed by atoms with Crippen molar-refractivity contribution < 1.29 is 0 Å². The Balaban J connectivity index is 2.09. The summed E-state index contributed by atoms with van der Waals surface area (Å²) in [6.07, 6.45) is 8.33. The normalized spacial score (nSPS) is 22.4. The second kappa shape index (κ2) is 8.12. The standard InChI is InChI=1S/C13H28N2/c1-3-5-11-15-12-7-9-13(15)8-6-10-14-4-2/h13-14H,3-12H2,1-2H3/t13-/m0/s1. The van der Waals surface area contributed by atoms with Gasteiger partial charge < -0.3 is 10.2 Å². The highest BCUT2D eigenvalue weighted by Crippen LogP contribution is 2.21. The lowest BCUT2D eigenvalue weighted by Crippen LogP contribution is -2.31. The molecule has 1 fully saturated rings. The number of nitrogens with zero attached hydrogens (tertiary/aromatic N) is 1. The SMILES string of the molecule is CCCCN1CCC[C@@H]1CCCNCC. The minimum absolute atomic E-state index is 0.898. The maximum atomic E-state index is 3.41. The zero-order valence-corrected chi connectivity index (χ0v) is 10.6. The highest BCUT2D eigenvalue weighted by atomic mass is 15.2. The molecule has 2 heteroatoms. The van der Waals surface area contributed by atoms with E-state index in [0.717, 1.165) is 12.6 Å². The molecule has 1 N–H and O–H groups in total. The van der Waals surface area contributed by atoms with Gasteiger partial charge in [-0.3, -0.25) is 0 Å². The Morgan fingerprint density at radius 1 is 1.27 bits per heavy atom. The molecule has 0 aromatic heterocycles. The molecule has 0 bridgehead atoms. The first-order valence-corrected chi connectivity index (χ1v) is 6.83. The van der Waals surface area contributed by atoms with Gasteiger partial charge in [0.15, 0.2) is 0 Å². The van der Waals surface area contributed by atoms with E-state index < -0.39 is 0 Å². The van der Waals surface area contributed by atoms with Crippen molar-refractivity contribution in [2.75, 3.05) is 26.2 Å². The Morgan fingerprint density at radius 3 is 2.87 bits per heavy atom. The van der Waals surface area contributed by atoms with Gasteiger partial charge in [-0.2, -0.15) is 0 Å². The maximum Gasteiger partial charge on any atom is 0.00962 e. The average Bonchev–Trinajstić information content (AvgIpc) is 2.69. The van der Waals surface area contributed by atoms with E-state index in [4.69, 9.17) is 0 Å². The summed E-state index contributed by atoms with van der Waals surface area (Å²) in [5.41, 5.74) is 0. The first-order valence-electron chi connectivity index (χ1n) is 6.83. The minimum atomic E-state index is 0.898. The molecule has 2 nitrogen and oxygen atoms in total. The van der Waals surface area contributed by atoms with Crippen LogP contribution in [0.1, 0.15) is 52.4 Å². The van der Waals surface area contributed by atoms with E-state index in [-0.39, 0.29) is 0 Å². The van der Waals surface area contributed by atoms with E-state index in [0.29, 0.717) is 0 Å². The molecule has 0 saturated carbocycles. The lowest BCUT2D eigenvalue weighted by molar-refractivity contribution is 0.236. The predicted octanol–water partition coefficient (Wildman–Crippen LogP) is 2.64. The van der Waals surface area contributed by atoms with E-state index in [1.165, 1.54) is 58.2 Å². The second-order valence-corrected chi connectivity index (χ2v) is 4.68. The van der Waals surface area contributed by atoms with E-state index >= 15 is 0 Å². The smallest absolute Gasteiger partial charge is 0.00962 e. The molecule has 0 aromatic carbocycles. The molecule has 90 valence electrons. The predicted molar refractivity (Wildman–Crippen MR) is 67.3 cm³/mol. The van der Waals surface area contributed by atoms with Crippen LogP contribution in [0, 0.1) is 0 Å². The van der Waals surface area contributed by atoms with Gasteiger partial charge in [-0.1, -0.05) is 20.3 Å². The maximum absolute atomic E-state index is 3.41. The summed E-state index contributed by atoms with van der Waals surface area (Å²) in [4.78, 5) is 2.72. The van der Waals surface area contributed by atoms with E-state index in [1.807, 2.05) is 0 Å². The number of rotatable bonds is 8. The zero-order valence-electron chi connectivity index (χ0n) is 10.6. The van der Waals surface area contributed by atoms with Gasteiger partial charge in [0.2, 0.25) is 0 Å². The summed E-state index contributed by atoms with van der Waals surface area (Å²) in [5, 5.41) is 3.41. The van der Waals surface area contributed by atoms with E-state index in [1.54, 1.807) is 0 Å². The van der Waals surface area contributed by atoms with Crippen LogP contribution in [0.3, 0.4) is 0 Å². The minimum Gasteiger partial charge on any atom is -0.317 e. The van der Waals surface area contributed by atoms with Gasteiger partial charge in [0.1, 0.15) is 0 Å². The fourth-order valence-electron chi connectivity index (χ4n) is 2.52. The van der Waals surface area contributed by atoms with Gasteiger partial charge in [-0.15, -0.1) is 0 Å². The number of likely N-dealkylation sites (tertiary alicyclic amines) is 1. The van der Waals surface area contributed by atoms with E-state index in [2.05, 4.69) is 24.1 Å². The average molecular weight is 212 g/mol. The molecule has 1 saturated heterocycles. The molecule has 0 aromatic rings. The second-order valence-electron chi connectivity index (χ2n) is 4.68.